The van der Waals surface area contributed by atoms with Gasteiger partial charge in [-0.15, -0.1) is 24.0 Å². The predicted molar refractivity (Wildman–Crippen MR) is 131 cm³/mol. The number of halogens is 3. The number of likely N-dealkylation sites (tertiary alicyclic amines) is 1. The van der Waals surface area contributed by atoms with Gasteiger partial charge < -0.3 is 19.7 Å². The smallest absolute Gasteiger partial charge is 0.194 e. The number of rotatable bonds is 6. The molecule has 1 saturated heterocycles. The number of hydrogen-bond donors (Lipinski definition) is 1. The summed E-state index contributed by atoms with van der Waals surface area (Å²) in [7, 11) is 3.63. The van der Waals surface area contributed by atoms with Crippen LogP contribution in [0.25, 0.3) is 0 Å². The minimum absolute atomic E-state index is 0. The summed E-state index contributed by atoms with van der Waals surface area (Å²) < 4.78 is 30.9. The first-order chi connectivity index (χ1) is 14.4. The van der Waals surface area contributed by atoms with Crippen molar-refractivity contribution in [3.05, 3.63) is 54.1 Å². The van der Waals surface area contributed by atoms with E-state index in [0.717, 1.165) is 32.0 Å². The van der Waals surface area contributed by atoms with Gasteiger partial charge in [0.05, 0.1) is 25.0 Å². The second-order valence-corrected chi connectivity index (χ2v) is 8.10. The zero-order valence-corrected chi connectivity index (χ0v) is 21.0. The van der Waals surface area contributed by atoms with Gasteiger partial charge in [-0.3, -0.25) is 4.99 Å². The van der Waals surface area contributed by atoms with Gasteiger partial charge in [-0.05, 0) is 45.5 Å². The number of piperidine rings is 1. The Labute approximate surface area is 200 Å². The van der Waals surface area contributed by atoms with E-state index in [1.165, 1.54) is 18.2 Å². The van der Waals surface area contributed by atoms with E-state index in [9.17, 15) is 8.78 Å². The van der Waals surface area contributed by atoms with Gasteiger partial charge in [0.15, 0.2) is 5.96 Å². The van der Waals surface area contributed by atoms with Crippen molar-refractivity contribution in [2.75, 3.05) is 40.3 Å². The molecular formula is C22H33F2IN6. The van der Waals surface area contributed by atoms with Crippen LogP contribution in [0.4, 0.5) is 8.78 Å². The first-order valence-corrected chi connectivity index (χ1v) is 10.5. The van der Waals surface area contributed by atoms with E-state index >= 15 is 0 Å². The summed E-state index contributed by atoms with van der Waals surface area (Å²) in [6.07, 6.45) is 6.69. The predicted octanol–water partition coefficient (Wildman–Crippen LogP) is 3.93. The third-order valence-electron chi connectivity index (χ3n) is 5.83. The number of nitrogens with one attached hydrogen (secondary N) is 1. The van der Waals surface area contributed by atoms with Crippen LogP contribution in [0.3, 0.4) is 0 Å². The van der Waals surface area contributed by atoms with Gasteiger partial charge in [0.25, 0.3) is 0 Å². The molecule has 0 saturated carbocycles. The third-order valence-corrected chi connectivity index (χ3v) is 5.83. The van der Waals surface area contributed by atoms with E-state index in [1.807, 2.05) is 33.5 Å². The van der Waals surface area contributed by atoms with Crippen LogP contribution in [-0.2, 0) is 0 Å². The van der Waals surface area contributed by atoms with Crippen LogP contribution in [0.1, 0.15) is 37.9 Å². The van der Waals surface area contributed by atoms with E-state index in [2.05, 4.69) is 26.7 Å². The van der Waals surface area contributed by atoms with Crippen molar-refractivity contribution in [3.8, 4) is 0 Å². The zero-order chi connectivity index (χ0) is 21.7. The molecule has 3 atom stereocenters. The molecule has 3 rings (SSSR count). The molecule has 0 amide bonds. The molecule has 1 aliphatic heterocycles. The fourth-order valence-electron chi connectivity index (χ4n) is 4.04. The lowest BCUT2D eigenvalue weighted by Crippen LogP contribution is -2.49. The van der Waals surface area contributed by atoms with Crippen LogP contribution in [0.15, 0.2) is 41.9 Å². The molecule has 0 radical (unpaired) electrons. The summed E-state index contributed by atoms with van der Waals surface area (Å²) in [6.45, 7) is 6.96. The highest BCUT2D eigenvalue weighted by Gasteiger charge is 2.29. The second-order valence-electron chi connectivity index (χ2n) is 8.10. The van der Waals surface area contributed by atoms with Gasteiger partial charge in [-0.2, -0.15) is 0 Å². The van der Waals surface area contributed by atoms with Crippen LogP contribution in [-0.4, -0.2) is 65.6 Å². The van der Waals surface area contributed by atoms with E-state index < -0.39 is 17.7 Å². The number of hydrogen-bond acceptors (Lipinski definition) is 3. The Bertz CT molecular complexity index is 822. The largest absolute Gasteiger partial charge is 0.357 e. The number of nitrogens with zero attached hydrogens (tertiary/aromatic N) is 5. The Morgan fingerprint density at radius 3 is 2.61 bits per heavy atom. The molecule has 0 spiro atoms. The van der Waals surface area contributed by atoms with Gasteiger partial charge in [0.1, 0.15) is 11.6 Å². The Hall–Kier alpha value is -1.75. The molecule has 6 nitrogen and oxygen atoms in total. The molecule has 0 aliphatic carbocycles. The highest BCUT2D eigenvalue weighted by molar-refractivity contribution is 14.0. The molecule has 1 fully saturated rings. The lowest BCUT2D eigenvalue weighted by molar-refractivity contribution is 0.188. The van der Waals surface area contributed by atoms with E-state index in [-0.39, 0.29) is 36.1 Å². The summed E-state index contributed by atoms with van der Waals surface area (Å²) in [4.78, 5) is 13.0. The maximum absolute atomic E-state index is 14.4. The van der Waals surface area contributed by atoms with Crippen molar-refractivity contribution in [2.45, 2.75) is 32.4 Å². The molecular weight excluding hydrogens is 513 g/mol. The van der Waals surface area contributed by atoms with Crippen molar-refractivity contribution >= 4 is 29.9 Å². The Morgan fingerprint density at radius 2 is 2.03 bits per heavy atom. The van der Waals surface area contributed by atoms with Gasteiger partial charge in [0, 0.05) is 37.6 Å². The first kappa shape index (κ1) is 25.5. The normalized spacial score (nSPS) is 20.5. The fourth-order valence-corrected chi connectivity index (χ4v) is 4.04. The monoisotopic (exact) mass is 546 g/mol. The van der Waals surface area contributed by atoms with Gasteiger partial charge in [0.2, 0.25) is 0 Å². The average Bonchev–Trinajstić information content (AvgIpc) is 3.24. The molecule has 172 valence electrons. The lowest BCUT2D eigenvalue weighted by Gasteiger charge is -2.39. The number of imidazole rings is 1. The van der Waals surface area contributed by atoms with E-state index in [4.69, 9.17) is 4.99 Å². The van der Waals surface area contributed by atoms with Gasteiger partial charge in [-0.25, -0.2) is 13.8 Å². The minimum atomic E-state index is -0.541. The number of benzene rings is 1. The van der Waals surface area contributed by atoms with Crippen LogP contribution in [0.5, 0.6) is 0 Å². The van der Waals surface area contributed by atoms with Crippen molar-refractivity contribution in [2.24, 2.45) is 10.9 Å². The lowest BCUT2D eigenvalue weighted by atomic mass is 9.93. The van der Waals surface area contributed by atoms with Gasteiger partial charge >= 0.3 is 0 Å². The summed E-state index contributed by atoms with van der Waals surface area (Å²) in [5.41, 5.74) is 0.0608. The highest BCUT2D eigenvalue weighted by Crippen LogP contribution is 2.28. The Morgan fingerprint density at radius 1 is 1.32 bits per heavy atom. The van der Waals surface area contributed by atoms with E-state index in [1.54, 1.807) is 11.1 Å². The molecule has 2 heterocycles. The Kier molecular flexibility index (Phi) is 9.67. The van der Waals surface area contributed by atoms with Crippen molar-refractivity contribution in [3.63, 3.8) is 0 Å². The topological polar surface area (TPSA) is 48.7 Å². The maximum Gasteiger partial charge on any atom is 0.194 e. The summed E-state index contributed by atoms with van der Waals surface area (Å²) in [5.74, 6) is 0.222. The average molecular weight is 546 g/mol. The number of aliphatic imine (C=N–C) groups is 1. The number of aromatic nitrogens is 2. The maximum atomic E-state index is 14.4. The zero-order valence-electron chi connectivity index (χ0n) is 18.6. The molecule has 2 aromatic rings. The van der Waals surface area contributed by atoms with Crippen LogP contribution >= 0.6 is 24.0 Å². The summed E-state index contributed by atoms with van der Waals surface area (Å²) >= 11 is 0. The molecule has 1 N–H and O–H groups in total. The second kappa shape index (κ2) is 11.8. The molecule has 9 heteroatoms. The molecule has 1 aromatic carbocycles. The van der Waals surface area contributed by atoms with Crippen molar-refractivity contribution in [1.29, 1.82) is 0 Å². The number of guanidine groups is 1. The summed E-state index contributed by atoms with van der Waals surface area (Å²) in [6, 6.07) is 3.79. The van der Waals surface area contributed by atoms with E-state index in [0.29, 0.717) is 12.0 Å². The van der Waals surface area contributed by atoms with Crippen LogP contribution in [0, 0.1) is 17.6 Å². The standard InChI is InChI=1S/C22H32F2N6.HI/c1-5-26-22(29-11-9-16(2)20(14-29)30-12-10-25-15-30)27-13-19(28(3)4)21-17(23)7-6-8-18(21)24;/h6-8,10,12,15-16,19-20H,5,9,11,13-14H2,1-4H3,(H,26,27);1H. The molecule has 1 aromatic heterocycles. The summed E-state index contributed by atoms with van der Waals surface area (Å²) in [5, 5.41) is 3.35. The first-order valence-electron chi connectivity index (χ1n) is 10.5. The number of likely N-dealkylation sites (N-methyl/N-ethyl adjacent to an activating group) is 1. The van der Waals surface area contributed by atoms with Crippen LogP contribution < -0.4 is 5.32 Å². The van der Waals surface area contributed by atoms with Gasteiger partial charge in [-0.1, -0.05) is 13.0 Å². The molecule has 3 unspecified atom stereocenters. The molecule has 0 bridgehead atoms. The quantitative estimate of drug-likeness (QED) is 0.339. The molecule has 31 heavy (non-hydrogen) atoms. The third kappa shape index (κ3) is 6.15. The van der Waals surface area contributed by atoms with Crippen LogP contribution in [0.2, 0.25) is 0 Å². The fraction of sp³-hybridized carbons (Fsp3) is 0.545. The van der Waals surface area contributed by atoms with Crippen molar-refractivity contribution in [1.82, 2.24) is 24.7 Å². The highest BCUT2D eigenvalue weighted by atomic mass is 127. The van der Waals surface area contributed by atoms with Crippen molar-refractivity contribution < 1.29 is 8.78 Å². The SMILES string of the molecule is CCNC(=NCC(c1c(F)cccc1F)N(C)C)N1CCC(C)C(n2ccnc2)C1.I. The minimum Gasteiger partial charge on any atom is -0.357 e. The molecule has 1 aliphatic rings. The Balaban J connectivity index is 0.00000341.